The van der Waals surface area contributed by atoms with Crippen molar-refractivity contribution >= 4 is 44.8 Å². The van der Waals surface area contributed by atoms with Gasteiger partial charge in [0.25, 0.3) is 0 Å². The van der Waals surface area contributed by atoms with Gasteiger partial charge in [0.15, 0.2) is 0 Å². The topological polar surface area (TPSA) is 62.4 Å². The summed E-state index contributed by atoms with van der Waals surface area (Å²) in [7, 11) is 1.64. The molecule has 0 bridgehead atoms. The van der Waals surface area contributed by atoms with Crippen molar-refractivity contribution in [3.05, 3.63) is 69.4 Å². The molecule has 1 heterocycles. The first-order chi connectivity index (χ1) is 12.0. The molecular weight excluding hydrogens is 400 g/mol. The van der Waals surface area contributed by atoms with Crippen LogP contribution in [-0.2, 0) is 0 Å². The zero-order valence-electron chi connectivity index (χ0n) is 13.8. The van der Waals surface area contributed by atoms with Crippen molar-refractivity contribution in [3.63, 3.8) is 0 Å². The Hall–Kier alpha value is -2.38. The maximum atomic E-state index is 8.18. The molecule has 5 nitrogen and oxygen atoms in total. The van der Waals surface area contributed by atoms with Gasteiger partial charge < -0.3 is 10.1 Å². The van der Waals surface area contributed by atoms with E-state index in [9.17, 15) is 0 Å². The molecule has 0 unspecified atom stereocenters. The van der Waals surface area contributed by atoms with Crippen molar-refractivity contribution in [2.45, 2.75) is 6.92 Å². The Labute approximate surface area is 158 Å². The summed E-state index contributed by atoms with van der Waals surface area (Å²) in [5.41, 5.74) is 2.06. The minimum atomic E-state index is 0.388. The van der Waals surface area contributed by atoms with Crippen molar-refractivity contribution in [3.8, 4) is 5.75 Å². The van der Waals surface area contributed by atoms with Gasteiger partial charge in [0, 0.05) is 15.0 Å². The summed E-state index contributed by atoms with van der Waals surface area (Å²) < 4.78 is 7.96. The first kappa shape index (κ1) is 17.4. The summed E-state index contributed by atoms with van der Waals surface area (Å²) in [5, 5.41) is 11.5. The standard InChI is InChI=1S/C18H17BrN4OS/c1-12-11-17(20)23(25-12)18(21-14-5-3-13(19)4-6-14)22-15-7-9-16(24-2)10-8-15/h3-11,20H,1-2H3,(H,21,22). The van der Waals surface area contributed by atoms with Crippen LogP contribution in [0.2, 0.25) is 0 Å². The highest BCUT2D eigenvalue weighted by atomic mass is 79.9. The summed E-state index contributed by atoms with van der Waals surface area (Å²) in [6.07, 6.45) is 0. The molecule has 0 spiro atoms. The van der Waals surface area contributed by atoms with Crippen LogP contribution >= 0.6 is 27.5 Å². The SMILES string of the molecule is COc1ccc(NC(=Nc2ccc(Br)cc2)n2sc(C)cc2=N)cc1. The van der Waals surface area contributed by atoms with Crippen LogP contribution in [-0.4, -0.2) is 17.0 Å². The molecule has 0 saturated carbocycles. The Kier molecular flexibility index (Phi) is 5.35. The van der Waals surface area contributed by atoms with Crippen molar-refractivity contribution in [1.29, 1.82) is 5.41 Å². The molecule has 3 rings (SSSR count). The van der Waals surface area contributed by atoms with Gasteiger partial charge in [-0.3, -0.25) is 5.41 Å². The molecule has 0 amide bonds. The summed E-state index contributed by atoms with van der Waals surface area (Å²) in [5.74, 6) is 1.37. The van der Waals surface area contributed by atoms with Gasteiger partial charge in [-0.2, -0.15) is 0 Å². The number of nitrogens with zero attached hydrogens (tertiary/aromatic N) is 2. The highest BCUT2D eigenvalue weighted by molar-refractivity contribution is 9.10. The number of halogens is 1. The predicted octanol–water partition coefficient (Wildman–Crippen LogP) is 4.76. The Morgan fingerprint density at radius 1 is 1.16 bits per heavy atom. The van der Waals surface area contributed by atoms with E-state index in [-0.39, 0.29) is 0 Å². The maximum Gasteiger partial charge on any atom is 0.223 e. The Morgan fingerprint density at radius 2 is 1.84 bits per heavy atom. The van der Waals surface area contributed by atoms with Crippen LogP contribution in [0.1, 0.15) is 4.88 Å². The first-order valence-corrected chi connectivity index (χ1v) is 9.12. The number of benzene rings is 2. The highest BCUT2D eigenvalue weighted by Gasteiger charge is 2.08. The van der Waals surface area contributed by atoms with Crippen LogP contribution in [0.3, 0.4) is 0 Å². The molecule has 0 aliphatic heterocycles. The molecule has 128 valence electrons. The fourth-order valence-electron chi connectivity index (χ4n) is 2.19. The molecule has 0 aliphatic rings. The average molecular weight is 417 g/mol. The van der Waals surface area contributed by atoms with Crippen molar-refractivity contribution in [2.24, 2.45) is 4.99 Å². The van der Waals surface area contributed by atoms with E-state index in [0.717, 1.165) is 26.5 Å². The number of aliphatic imine (C=N–C) groups is 1. The lowest BCUT2D eigenvalue weighted by Gasteiger charge is -2.11. The largest absolute Gasteiger partial charge is 0.497 e. The lowest BCUT2D eigenvalue weighted by atomic mass is 10.3. The van der Waals surface area contributed by atoms with E-state index in [0.29, 0.717) is 11.4 Å². The summed E-state index contributed by atoms with van der Waals surface area (Å²) in [6, 6.07) is 17.1. The van der Waals surface area contributed by atoms with Crippen LogP contribution in [0.4, 0.5) is 11.4 Å². The number of aryl methyl sites for hydroxylation is 1. The molecule has 0 aliphatic carbocycles. The van der Waals surface area contributed by atoms with Gasteiger partial charge in [0.1, 0.15) is 11.2 Å². The molecule has 0 radical (unpaired) electrons. The second kappa shape index (κ2) is 7.67. The first-order valence-electron chi connectivity index (χ1n) is 7.55. The Balaban J connectivity index is 2.00. The van der Waals surface area contributed by atoms with Crippen molar-refractivity contribution in [1.82, 2.24) is 3.96 Å². The minimum absolute atomic E-state index is 0.388. The molecule has 0 atom stereocenters. The van der Waals surface area contributed by atoms with E-state index in [1.807, 2.05) is 61.5 Å². The summed E-state index contributed by atoms with van der Waals surface area (Å²) >= 11 is 4.90. The second-order valence-corrected chi connectivity index (χ2v) is 7.40. The normalized spacial score (nSPS) is 11.4. The maximum absolute atomic E-state index is 8.18. The summed E-state index contributed by atoms with van der Waals surface area (Å²) in [4.78, 5) is 5.74. The molecule has 3 aromatic rings. The number of hydrogen-bond acceptors (Lipinski definition) is 4. The third-order valence-electron chi connectivity index (χ3n) is 3.39. The van der Waals surface area contributed by atoms with Gasteiger partial charge in [-0.15, -0.1) is 0 Å². The number of rotatable bonds is 3. The van der Waals surface area contributed by atoms with Crippen LogP contribution in [0.15, 0.2) is 64.1 Å². The number of methoxy groups -OCH3 is 1. The zero-order chi connectivity index (χ0) is 17.8. The Bertz CT molecular complexity index is 942. The van der Waals surface area contributed by atoms with E-state index in [1.165, 1.54) is 11.5 Å². The van der Waals surface area contributed by atoms with E-state index >= 15 is 0 Å². The third kappa shape index (κ3) is 4.37. The Morgan fingerprint density at radius 3 is 2.40 bits per heavy atom. The fourth-order valence-corrected chi connectivity index (χ4v) is 3.23. The van der Waals surface area contributed by atoms with Gasteiger partial charge in [-0.05, 0) is 61.5 Å². The van der Waals surface area contributed by atoms with Crippen LogP contribution in [0.25, 0.3) is 0 Å². The quantitative estimate of drug-likeness (QED) is 0.477. The molecule has 2 aromatic carbocycles. The second-order valence-electron chi connectivity index (χ2n) is 5.29. The molecule has 0 fully saturated rings. The van der Waals surface area contributed by atoms with E-state index in [4.69, 9.17) is 10.1 Å². The van der Waals surface area contributed by atoms with Gasteiger partial charge in [-0.25, -0.2) is 8.95 Å². The number of ether oxygens (including phenoxy) is 1. The van der Waals surface area contributed by atoms with Gasteiger partial charge in [-0.1, -0.05) is 27.5 Å². The molecule has 25 heavy (non-hydrogen) atoms. The van der Waals surface area contributed by atoms with E-state index in [1.54, 1.807) is 11.1 Å². The fraction of sp³-hybridized carbons (Fsp3) is 0.111. The van der Waals surface area contributed by atoms with Crippen LogP contribution in [0.5, 0.6) is 5.75 Å². The highest BCUT2D eigenvalue weighted by Crippen LogP contribution is 2.19. The summed E-state index contributed by atoms with van der Waals surface area (Å²) in [6.45, 7) is 1.98. The lowest BCUT2D eigenvalue weighted by Crippen LogP contribution is -2.28. The van der Waals surface area contributed by atoms with Gasteiger partial charge in [0.05, 0.1) is 12.8 Å². The number of anilines is 1. The lowest BCUT2D eigenvalue weighted by molar-refractivity contribution is 0.415. The average Bonchev–Trinajstić information content (AvgIpc) is 2.95. The van der Waals surface area contributed by atoms with Gasteiger partial charge in [0.2, 0.25) is 5.96 Å². The van der Waals surface area contributed by atoms with Crippen LogP contribution in [0, 0.1) is 12.3 Å². The molecule has 2 N–H and O–H groups in total. The zero-order valence-corrected chi connectivity index (χ0v) is 16.2. The number of aromatic nitrogens is 1. The third-order valence-corrected chi connectivity index (χ3v) is 4.88. The predicted molar refractivity (Wildman–Crippen MR) is 106 cm³/mol. The number of nitrogens with one attached hydrogen (secondary N) is 2. The van der Waals surface area contributed by atoms with Crippen molar-refractivity contribution in [2.75, 3.05) is 12.4 Å². The molecule has 0 saturated heterocycles. The minimum Gasteiger partial charge on any atom is -0.497 e. The van der Waals surface area contributed by atoms with Crippen LogP contribution < -0.4 is 15.5 Å². The molecule has 1 aromatic heterocycles. The van der Waals surface area contributed by atoms with E-state index < -0.39 is 0 Å². The van der Waals surface area contributed by atoms with Crippen molar-refractivity contribution < 1.29 is 4.74 Å². The molecular formula is C18H17BrN4OS. The van der Waals surface area contributed by atoms with E-state index in [2.05, 4.69) is 26.2 Å². The monoisotopic (exact) mass is 416 g/mol. The number of hydrogen-bond donors (Lipinski definition) is 2. The van der Waals surface area contributed by atoms with Gasteiger partial charge >= 0.3 is 0 Å². The smallest absolute Gasteiger partial charge is 0.223 e. The molecule has 7 heteroatoms.